The lowest BCUT2D eigenvalue weighted by Crippen LogP contribution is -2.95. The van der Waals surface area contributed by atoms with Gasteiger partial charge in [-0.1, -0.05) is 5.12 Å². The van der Waals surface area contributed by atoms with Crippen LogP contribution in [0.2, 0.25) is 0 Å². The van der Waals surface area contributed by atoms with Crippen LogP contribution in [0.4, 0.5) is 83.5 Å². The summed E-state index contributed by atoms with van der Waals surface area (Å²) in [4.78, 5) is 0. The van der Waals surface area contributed by atoms with E-state index in [4.69, 9.17) is 0 Å². The molecule has 1 heterocycles. The van der Waals surface area contributed by atoms with Gasteiger partial charge in [-0.3, -0.25) is 0 Å². The predicted octanol–water partition coefficient (Wildman–Crippen LogP) is 5.82. The molecule has 1 fully saturated rings. The molecule has 0 N–H and O–H groups in total. The third-order valence-corrected chi connectivity index (χ3v) is 3.93. The van der Waals surface area contributed by atoms with Crippen LogP contribution in [0.15, 0.2) is 0 Å². The van der Waals surface area contributed by atoms with Crippen molar-refractivity contribution >= 4 is 0 Å². The molecule has 1 aliphatic rings. The summed E-state index contributed by atoms with van der Waals surface area (Å²) in [5, 5.41) is -5.06. The second-order valence-corrected chi connectivity index (χ2v) is 5.42. The molecule has 0 saturated carbocycles. The fourth-order valence-electron chi connectivity index (χ4n) is 2.63. The van der Waals surface area contributed by atoms with Gasteiger partial charge in [0.25, 0.3) is 0 Å². The Morgan fingerprint density at radius 2 is 0.552 bits per heavy atom. The smallest absolute Gasteiger partial charge is 0.197 e. The number of alkyl halides is 18. The van der Waals surface area contributed by atoms with Crippen molar-refractivity contribution in [3.63, 3.8) is 0 Å². The van der Waals surface area contributed by atoms with Crippen LogP contribution in [0.5, 0.6) is 0 Å². The van der Waals surface area contributed by atoms with E-state index in [0.717, 1.165) is 0 Å². The van der Waals surface area contributed by atoms with E-state index in [0.29, 0.717) is 0 Å². The minimum absolute atomic E-state index is 5.06. The van der Waals surface area contributed by atoms with Crippen LogP contribution in [0.3, 0.4) is 0 Å². The highest BCUT2D eigenvalue weighted by Gasteiger charge is 3.08. The summed E-state index contributed by atoms with van der Waals surface area (Å²) in [6.45, 7) is 0. The molecule has 1 rings (SSSR count). The molecule has 0 atom stereocenters. The lowest BCUT2D eigenvalue weighted by atomic mass is 9.68. The summed E-state index contributed by atoms with van der Waals surface area (Å²) in [6, 6.07) is 0. The lowest BCUT2D eigenvalue weighted by Gasteiger charge is -2.60. The average molecular weight is 483 g/mol. The van der Waals surface area contributed by atoms with E-state index in [1.54, 1.807) is 0 Å². The fourth-order valence-corrected chi connectivity index (χ4v) is 2.63. The molecule has 0 aromatic heterocycles. The molecule has 174 valence electrons. The number of rotatable bonds is 0. The first-order valence-electron chi connectivity index (χ1n) is 6.02. The van der Waals surface area contributed by atoms with Gasteiger partial charge in [-0.25, -0.2) is 0 Å². The summed E-state index contributed by atoms with van der Waals surface area (Å²) >= 11 is 0. The van der Waals surface area contributed by atoms with Gasteiger partial charge in [-0.05, 0) is 0 Å². The van der Waals surface area contributed by atoms with Gasteiger partial charge in [0, 0.05) is 0 Å². The van der Waals surface area contributed by atoms with Gasteiger partial charge < -0.3 is 0 Å². The summed E-state index contributed by atoms with van der Waals surface area (Å²) in [5.41, 5.74) is -17.4. The largest absolute Gasteiger partial charge is 0.424 e. The number of nitrogens with zero attached hydrogens (tertiary/aromatic N) is 1. The van der Waals surface area contributed by atoms with E-state index in [-0.39, 0.29) is 0 Å². The van der Waals surface area contributed by atoms with Crippen LogP contribution < -0.4 is 0 Å². The SMILES string of the molecule is FN1C(C(F)(F)F)(C(F)(F)F)C(F)(F)C(F)(F)C(F)(F)C1(C(F)(F)F)C(F)(F)F. The molecular weight excluding hydrogens is 483 g/mol. The Balaban J connectivity index is 4.52. The molecule has 20 heteroatoms. The van der Waals surface area contributed by atoms with Gasteiger partial charge in [-0.2, -0.15) is 79.0 Å². The average Bonchev–Trinajstić information content (AvgIpc) is 2.29. The quantitative estimate of drug-likeness (QED) is 0.310. The zero-order valence-corrected chi connectivity index (χ0v) is 12.1. The van der Waals surface area contributed by atoms with Gasteiger partial charge >= 0.3 is 53.6 Å². The normalized spacial score (nSPS) is 27.0. The second kappa shape index (κ2) is 5.65. The Labute approximate surface area is 143 Å². The highest BCUT2D eigenvalue weighted by Crippen LogP contribution is 2.74. The Bertz CT molecular complexity index is 561. The van der Waals surface area contributed by atoms with Gasteiger partial charge in [0.1, 0.15) is 0 Å². The van der Waals surface area contributed by atoms with Crippen molar-refractivity contribution in [1.82, 2.24) is 5.12 Å². The van der Waals surface area contributed by atoms with Crippen molar-refractivity contribution in [1.29, 1.82) is 0 Å². The van der Waals surface area contributed by atoms with Crippen molar-refractivity contribution in [2.75, 3.05) is 0 Å². The molecule has 1 nitrogen and oxygen atoms in total. The van der Waals surface area contributed by atoms with Crippen LogP contribution in [0.1, 0.15) is 0 Å². The maximum absolute atomic E-state index is 13.8. The van der Waals surface area contributed by atoms with E-state index in [1.165, 1.54) is 0 Å². The van der Waals surface area contributed by atoms with Crippen molar-refractivity contribution in [3.8, 4) is 0 Å². The standard InChI is InChI=1S/C9F19N/c10-3(11)1(6(16,17)18,7(19,20)21)29(28)2(8(22,23)24,9(25,26)27)4(12,13)5(3,14)15. The van der Waals surface area contributed by atoms with Crippen LogP contribution in [0, 0.1) is 0 Å². The molecule has 1 saturated heterocycles. The zero-order chi connectivity index (χ0) is 24.1. The van der Waals surface area contributed by atoms with Crippen molar-refractivity contribution in [2.24, 2.45) is 0 Å². The first-order chi connectivity index (χ1) is 12.2. The summed E-state index contributed by atoms with van der Waals surface area (Å²) in [5.74, 6) is -25.9. The van der Waals surface area contributed by atoms with E-state index in [2.05, 4.69) is 0 Å². The minimum atomic E-state index is -8.69. The minimum Gasteiger partial charge on any atom is -0.197 e. The third-order valence-electron chi connectivity index (χ3n) is 3.93. The molecular formula is C9F19N. The van der Waals surface area contributed by atoms with E-state index in [9.17, 15) is 83.5 Å². The molecule has 0 spiro atoms. The van der Waals surface area contributed by atoms with Gasteiger partial charge in [0.15, 0.2) is 0 Å². The molecule has 0 aromatic carbocycles. The molecule has 0 unspecified atom stereocenters. The first kappa shape index (κ1) is 25.7. The van der Waals surface area contributed by atoms with Crippen LogP contribution in [-0.2, 0) is 0 Å². The Morgan fingerprint density at radius 3 is 0.690 bits per heavy atom. The number of hydrogen-bond donors (Lipinski definition) is 0. The Kier molecular flexibility index (Phi) is 5.00. The lowest BCUT2D eigenvalue weighted by molar-refractivity contribution is -0.564. The van der Waals surface area contributed by atoms with E-state index >= 15 is 0 Å². The van der Waals surface area contributed by atoms with Gasteiger partial charge in [-0.15, -0.1) is 4.48 Å². The second-order valence-electron chi connectivity index (χ2n) is 5.42. The molecule has 0 radical (unpaired) electrons. The van der Waals surface area contributed by atoms with Crippen LogP contribution in [0.25, 0.3) is 0 Å². The fraction of sp³-hybridized carbons (Fsp3) is 1.00. The Morgan fingerprint density at radius 1 is 0.379 bits per heavy atom. The highest BCUT2D eigenvalue weighted by atomic mass is 19.4. The summed E-state index contributed by atoms with van der Waals surface area (Å²) in [7, 11) is 0. The molecule has 0 aromatic rings. The maximum atomic E-state index is 13.8. The molecule has 0 aliphatic carbocycles. The first-order valence-corrected chi connectivity index (χ1v) is 6.02. The molecule has 0 bridgehead atoms. The zero-order valence-electron chi connectivity index (χ0n) is 12.1. The van der Waals surface area contributed by atoms with Crippen LogP contribution >= 0.6 is 0 Å². The van der Waals surface area contributed by atoms with Gasteiger partial charge in [0.2, 0.25) is 0 Å². The summed E-state index contributed by atoms with van der Waals surface area (Å²) in [6.07, 6.45) is -33.9. The monoisotopic (exact) mass is 483 g/mol. The number of piperidine rings is 1. The molecule has 29 heavy (non-hydrogen) atoms. The van der Waals surface area contributed by atoms with Gasteiger partial charge in [0.05, 0.1) is 0 Å². The molecule has 1 aliphatic heterocycles. The summed E-state index contributed by atoms with van der Waals surface area (Å²) < 4.78 is 248. The Hall–Kier alpha value is -1.37. The highest BCUT2D eigenvalue weighted by molar-refractivity contribution is 5.32. The molecule has 0 amide bonds. The topological polar surface area (TPSA) is 3.24 Å². The van der Waals surface area contributed by atoms with E-state index in [1.807, 2.05) is 0 Å². The third kappa shape index (κ3) is 2.37. The number of hydrogen-bond acceptors (Lipinski definition) is 1. The van der Waals surface area contributed by atoms with Crippen molar-refractivity contribution in [2.45, 2.75) is 53.6 Å². The number of halogens is 19. The van der Waals surface area contributed by atoms with Crippen molar-refractivity contribution < 1.29 is 83.5 Å². The van der Waals surface area contributed by atoms with Crippen LogP contribution in [-0.4, -0.2) is 58.7 Å². The predicted molar refractivity (Wildman–Crippen MR) is 47.5 cm³/mol. The van der Waals surface area contributed by atoms with Crippen molar-refractivity contribution in [3.05, 3.63) is 0 Å². The van der Waals surface area contributed by atoms with E-state index < -0.39 is 58.7 Å². The maximum Gasteiger partial charge on any atom is 0.424 e.